The summed E-state index contributed by atoms with van der Waals surface area (Å²) >= 11 is 0. The van der Waals surface area contributed by atoms with E-state index in [2.05, 4.69) is 76.3 Å². The number of ether oxygens (including phenoxy) is 2. The summed E-state index contributed by atoms with van der Waals surface area (Å²) in [7, 11) is 3.67. The van der Waals surface area contributed by atoms with Crippen molar-refractivity contribution in [2.45, 2.75) is 400 Å². The topological polar surface area (TPSA) is 93.2 Å². The van der Waals surface area contributed by atoms with Gasteiger partial charge in [0.25, 0.3) is 0 Å². The molecule has 2 unspecified atom stereocenters. The maximum absolute atomic E-state index is 14.6. The first-order valence-electron chi connectivity index (χ1n) is 37.2. The van der Waals surface area contributed by atoms with E-state index in [0.717, 1.165) is 135 Å². The number of hydrogen-bond acceptors (Lipinski definition) is 7. The Kier molecular flexibility index (Phi) is 64.6. The SMILES string of the molecule is CCCCCCCC/C=C\CCCCCCCC(=O)OCC(OC(=O)CCCCCCC/C=C\CCCCCCCC)C(N(C)C)N(C(=O)CCCCCCC/C=C\CCCCCCCC)C(=O)CCCCCCC/C=C\CCCCCCCC. The van der Waals surface area contributed by atoms with Crippen LogP contribution in [0, 0.1) is 0 Å². The first kappa shape index (κ1) is 82.0. The standard InChI is InChI=1S/C77H142N2O6/c1-7-11-15-19-23-27-31-35-39-43-47-51-55-59-63-67-73(80)79(74(81)68-64-60-56-52-48-44-40-36-32-28-24-20-16-12-8-2)77(78(5)6)72(85-76(83)70-66-62-58-54-50-46-42-38-34-30-26-22-18-14-10-4)71-84-75(82)69-65-61-57-53-49-45-41-37-33-29-25-21-17-13-9-3/h35-42,72,77H,7-34,43-71H2,1-6H3/b39-35-,40-36-,41-37-,42-38-. The molecule has 0 radical (unpaired) electrons. The number of rotatable bonds is 66. The van der Waals surface area contributed by atoms with Crippen LogP contribution < -0.4 is 0 Å². The second-order valence-electron chi connectivity index (χ2n) is 25.6. The zero-order chi connectivity index (χ0) is 62.0. The van der Waals surface area contributed by atoms with Gasteiger partial charge < -0.3 is 9.47 Å². The van der Waals surface area contributed by atoms with Crippen LogP contribution in [0.4, 0.5) is 0 Å². The molecule has 0 aliphatic carbocycles. The number of imide groups is 1. The Morgan fingerprint density at radius 3 is 0.776 bits per heavy atom. The lowest BCUT2D eigenvalue weighted by atomic mass is 10.1. The van der Waals surface area contributed by atoms with Crippen LogP contribution in [0.2, 0.25) is 0 Å². The Bertz CT molecular complexity index is 1530. The molecule has 0 N–H and O–H groups in total. The van der Waals surface area contributed by atoms with E-state index in [1.165, 1.54) is 185 Å². The highest BCUT2D eigenvalue weighted by Crippen LogP contribution is 2.22. The molecule has 8 nitrogen and oxygen atoms in total. The van der Waals surface area contributed by atoms with Crippen molar-refractivity contribution in [1.29, 1.82) is 0 Å². The van der Waals surface area contributed by atoms with Gasteiger partial charge in [-0.3, -0.25) is 29.0 Å². The van der Waals surface area contributed by atoms with E-state index in [9.17, 15) is 19.2 Å². The van der Waals surface area contributed by atoms with E-state index >= 15 is 0 Å². The quantitative estimate of drug-likeness (QED) is 0.0259. The van der Waals surface area contributed by atoms with Crippen LogP contribution in [-0.4, -0.2) is 66.5 Å². The lowest BCUT2D eigenvalue weighted by Gasteiger charge is -2.39. The molecule has 2 amide bonds. The average Bonchev–Trinajstić information content (AvgIpc) is 3.69. The second kappa shape index (κ2) is 66.9. The second-order valence-corrected chi connectivity index (χ2v) is 25.6. The fraction of sp³-hybridized carbons (Fsp3) is 0.844. The van der Waals surface area contributed by atoms with Crippen molar-refractivity contribution in [2.24, 2.45) is 0 Å². The molecular weight excluding hydrogens is 1050 g/mol. The number of hydrogen-bond donors (Lipinski definition) is 0. The molecule has 0 saturated carbocycles. The molecule has 0 aliphatic rings. The molecule has 0 saturated heterocycles. The van der Waals surface area contributed by atoms with Crippen molar-refractivity contribution < 1.29 is 28.7 Å². The number of carbonyl (C=O) groups excluding carboxylic acids is 4. The molecule has 0 spiro atoms. The van der Waals surface area contributed by atoms with E-state index in [1.807, 2.05) is 19.0 Å². The van der Waals surface area contributed by atoms with Crippen molar-refractivity contribution in [3.05, 3.63) is 48.6 Å². The molecule has 85 heavy (non-hydrogen) atoms. The van der Waals surface area contributed by atoms with Crippen molar-refractivity contribution in [1.82, 2.24) is 9.80 Å². The maximum atomic E-state index is 14.6. The lowest BCUT2D eigenvalue weighted by molar-refractivity contribution is -0.176. The Labute approximate surface area is 528 Å². The minimum Gasteiger partial charge on any atom is -0.462 e. The van der Waals surface area contributed by atoms with Gasteiger partial charge in [-0.15, -0.1) is 0 Å². The third-order valence-electron chi connectivity index (χ3n) is 16.9. The third-order valence-corrected chi connectivity index (χ3v) is 16.9. The predicted octanol–water partition coefficient (Wildman–Crippen LogP) is 23.8. The number of allylic oxidation sites excluding steroid dienone is 8. The van der Waals surface area contributed by atoms with Gasteiger partial charge in [-0.1, -0.05) is 282 Å². The van der Waals surface area contributed by atoms with Crippen LogP contribution in [-0.2, 0) is 28.7 Å². The zero-order valence-electron chi connectivity index (χ0n) is 57.4. The predicted molar refractivity (Wildman–Crippen MR) is 368 cm³/mol. The molecule has 0 aromatic rings. The summed E-state index contributed by atoms with van der Waals surface area (Å²) in [5, 5.41) is 0. The van der Waals surface area contributed by atoms with Gasteiger partial charge in [-0.25, -0.2) is 0 Å². The number of esters is 2. The Morgan fingerprint density at radius 2 is 0.518 bits per heavy atom. The number of nitrogens with zero attached hydrogens (tertiary/aromatic N) is 2. The van der Waals surface area contributed by atoms with E-state index in [1.54, 1.807) is 0 Å². The molecule has 496 valence electrons. The minimum absolute atomic E-state index is 0.206. The Morgan fingerprint density at radius 1 is 0.294 bits per heavy atom. The fourth-order valence-electron chi connectivity index (χ4n) is 11.4. The van der Waals surface area contributed by atoms with Gasteiger partial charge in [0, 0.05) is 25.7 Å². The largest absolute Gasteiger partial charge is 0.462 e. The summed E-state index contributed by atoms with van der Waals surface area (Å²) in [5.41, 5.74) is 0. The molecule has 0 bridgehead atoms. The van der Waals surface area contributed by atoms with Gasteiger partial charge in [0.2, 0.25) is 11.8 Å². The third kappa shape index (κ3) is 57.2. The number of carbonyl (C=O) groups is 4. The number of likely N-dealkylation sites (N-methyl/N-ethyl adjacent to an activating group) is 1. The van der Waals surface area contributed by atoms with E-state index < -0.39 is 12.3 Å². The number of unbranched alkanes of at least 4 members (excludes halogenated alkanes) is 44. The van der Waals surface area contributed by atoms with Crippen molar-refractivity contribution in [3.8, 4) is 0 Å². The van der Waals surface area contributed by atoms with Gasteiger partial charge in [0.1, 0.15) is 12.8 Å². The summed E-state index contributed by atoms with van der Waals surface area (Å²) < 4.78 is 12.2. The Hall–Kier alpha value is -3.00. The van der Waals surface area contributed by atoms with Crippen LogP contribution in [0.3, 0.4) is 0 Å². The molecule has 0 rings (SSSR count). The van der Waals surface area contributed by atoms with E-state index in [-0.39, 0.29) is 56.0 Å². The van der Waals surface area contributed by atoms with Crippen molar-refractivity contribution in [2.75, 3.05) is 20.7 Å². The Balaban J connectivity index is 5.80. The monoisotopic (exact) mass is 1190 g/mol. The van der Waals surface area contributed by atoms with Gasteiger partial charge in [-0.05, 0) is 143 Å². The van der Waals surface area contributed by atoms with Gasteiger partial charge in [-0.2, -0.15) is 0 Å². The summed E-state index contributed by atoms with van der Waals surface area (Å²) in [4.78, 5) is 59.6. The minimum atomic E-state index is -1.01. The van der Waals surface area contributed by atoms with E-state index in [4.69, 9.17) is 9.47 Å². The summed E-state index contributed by atoms with van der Waals surface area (Å²) in [6.07, 6.45) is 78.7. The molecule has 0 aromatic heterocycles. The van der Waals surface area contributed by atoms with Crippen molar-refractivity contribution >= 4 is 23.8 Å². The van der Waals surface area contributed by atoms with Crippen LogP contribution in [0.15, 0.2) is 48.6 Å². The fourth-order valence-corrected chi connectivity index (χ4v) is 11.4. The smallest absolute Gasteiger partial charge is 0.306 e. The molecule has 8 heteroatoms. The first-order valence-corrected chi connectivity index (χ1v) is 37.2. The highest BCUT2D eigenvalue weighted by molar-refractivity contribution is 5.95. The zero-order valence-corrected chi connectivity index (χ0v) is 57.4. The highest BCUT2D eigenvalue weighted by Gasteiger charge is 2.39. The highest BCUT2D eigenvalue weighted by atomic mass is 16.6. The molecule has 0 aliphatic heterocycles. The first-order chi connectivity index (χ1) is 41.7. The molecule has 0 aromatic carbocycles. The molecule has 0 fully saturated rings. The lowest BCUT2D eigenvalue weighted by Crippen LogP contribution is -2.59. The molecule has 2 atom stereocenters. The normalized spacial score (nSPS) is 12.7. The van der Waals surface area contributed by atoms with Crippen LogP contribution >= 0.6 is 0 Å². The summed E-state index contributed by atoms with van der Waals surface area (Å²) in [6.45, 7) is 8.86. The number of amides is 2. The van der Waals surface area contributed by atoms with Gasteiger partial charge >= 0.3 is 11.9 Å². The van der Waals surface area contributed by atoms with Crippen LogP contribution in [0.1, 0.15) is 387 Å². The average molecular weight is 1190 g/mol. The molecule has 0 heterocycles. The van der Waals surface area contributed by atoms with Crippen molar-refractivity contribution in [3.63, 3.8) is 0 Å². The van der Waals surface area contributed by atoms with E-state index in [0.29, 0.717) is 19.3 Å². The molecular formula is C77H142N2O6. The summed E-state index contributed by atoms with van der Waals surface area (Å²) in [6, 6.07) is 0. The van der Waals surface area contributed by atoms with Crippen LogP contribution in [0.25, 0.3) is 0 Å². The van der Waals surface area contributed by atoms with Gasteiger partial charge in [0.15, 0.2) is 6.10 Å². The maximum Gasteiger partial charge on any atom is 0.306 e. The van der Waals surface area contributed by atoms with Crippen LogP contribution in [0.5, 0.6) is 0 Å². The van der Waals surface area contributed by atoms with Gasteiger partial charge in [0.05, 0.1) is 0 Å². The summed E-state index contributed by atoms with van der Waals surface area (Å²) in [5.74, 6) is -1.20.